The Morgan fingerprint density at radius 2 is 1.76 bits per heavy atom. The van der Waals surface area contributed by atoms with E-state index in [1.165, 1.54) is 0 Å². The smallest absolute Gasteiger partial charge is 0.127 e. The minimum Gasteiger partial charge on any atom is -0.496 e. The Bertz CT molecular complexity index is 633. The molecule has 1 aromatic carbocycles. The first kappa shape index (κ1) is 15.2. The molecule has 1 heterocycles. The van der Waals surface area contributed by atoms with Crippen LogP contribution in [0.25, 0.3) is 0 Å². The quantitative estimate of drug-likeness (QED) is 0.863. The molecule has 0 aliphatic rings. The standard InChI is InChI=1S/C16H17NO3S/c1-18-13-8-14(19-2)10-15(9-13)20-11-16-12(4-3-6-17)5-7-21-16/h5,7-10H,6,11,17H2,1-2H3. The minimum atomic E-state index is 0.350. The molecule has 0 spiro atoms. The summed E-state index contributed by atoms with van der Waals surface area (Å²) < 4.78 is 16.2. The first-order chi connectivity index (χ1) is 10.3. The van der Waals surface area contributed by atoms with E-state index >= 15 is 0 Å². The van der Waals surface area contributed by atoms with Gasteiger partial charge < -0.3 is 19.9 Å². The van der Waals surface area contributed by atoms with Gasteiger partial charge in [-0.05, 0) is 11.4 Å². The van der Waals surface area contributed by atoms with Crippen molar-refractivity contribution >= 4 is 11.3 Å². The number of ether oxygens (including phenoxy) is 3. The molecule has 5 heteroatoms. The number of rotatable bonds is 5. The van der Waals surface area contributed by atoms with Crippen LogP contribution in [0.3, 0.4) is 0 Å². The van der Waals surface area contributed by atoms with Crippen LogP contribution in [0, 0.1) is 11.8 Å². The molecule has 0 bridgehead atoms. The molecule has 2 N–H and O–H groups in total. The second-order valence-corrected chi connectivity index (χ2v) is 5.10. The lowest BCUT2D eigenvalue weighted by Crippen LogP contribution is -1.97. The zero-order chi connectivity index (χ0) is 15.1. The molecule has 4 nitrogen and oxygen atoms in total. The summed E-state index contributed by atoms with van der Waals surface area (Å²) in [6.07, 6.45) is 0. The summed E-state index contributed by atoms with van der Waals surface area (Å²) in [5.41, 5.74) is 6.35. The number of benzene rings is 1. The number of nitrogens with two attached hydrogens (primary N) is 1. The van der Waals surface area contributed by atoms with Gasteiger partial charge in [0, 0.05) is 23.8 Å². The fourth-order valence-electron chi connectivity index (χ4n) is 1.72. The molecule has 0 aliphatic heterocycles. The monoisotopic (exact) mass is 303 g/mol. The van der Waals surface area contributed by atoms with Crippen molar-refractivity contribution < 1.29 is 14.2 Å². The van der Waals surface area contributed by atoms with E-state index in [0.717, 1.165) is 10.4 Å². The van der Waals surface area contributed by atoms with Crippen LogP contribution in [0.1, 0.15) is 10.4 Å². The number of hydrogen-bond acceptors (Lipinski definition) is 5. The highest BCUT2D eigenvalue weighted by atomic mass is 32.1. The van der Waals surface area contributed by atoms with E-state index in [9.17, 15) is 0 Å². The van der Waals surface area contributed by atoms with Crippen molar-refractivity contribution in [2.24, 2.45) is 5.73 Å². The Morgan fingerprint density at radius 1 is 1.10 bits per heavy atom. The predicted molar refractivity (Wildman–Crippen MR) is 84.1 cm³/mol. The molecule has 2 rings (SSSR count). The van der Waals surface area contributed by atoms with Gasteiger partial charge in [-0.1, -0.05) is 11.8 Å². The van der Waals surface area contributed by atoms with Gasteiger partial charge in [0.2, 0.25) is 0 Å². The summed E-state index contributed by atoms with van der Waals surface area (Å²) in [7, 11) is 3.22. The summed E-state index contributed by atoms with van der Waals surface area (Å²) in [5, 5.41) is 1.99. The van der Waals surface area contributed by atoms with Crippen molar-refractivity contribution in [3.63, 3.8) is 0 Å². The van der Waals surface area contributed by atoms with E-state index in [1.54, 1.807) is 31.6 Å². The van der Waals surface area contributed by atoms with Gasteiger partial charge in [0.15, 0.2) is 0 Å². The molecule has 110 valence electrons. The van der Waals surface area contributed by atoms with Gasteiger partial charge >= 0.3 is 0 Å². The average Bonchev–Trinajstić information content (AvgIpc) is 2.97. The van der Waals surface area contributed by atoms with Gasteiger partial charge in [0.1, 0.15) is 23.9 Å². The van der Waals surface area contributed by atoms with Crippen molar-refractivity contribution in [1.29, 1.82) is 0 Å². The first-order valence-corrected chi connectivity index (χ1v) is 7.26. The first-order valence-electron chi connectivity index (χ1n) is 6.38. The number of hydrogen-bond donors (Lipinski definition) is 1. The Morgan fingerprint density at radius 3 is 2.38 bits per heavy atom. The third kappa shape index (κ3) is 4.15. The second-order valence-electron chi connectivity index (χ2n) is 4.10. The van der Waals surface area contributed by atoms with Crippen LogP contribution < -0.4 is 19.9 Å². The third-order valence-electron chi connectivity index (χ3n) is 2.77. The normalized spacial score (nSPS) is 9.67. The zero-order valence-corrected chi connectivity index (χ0v) is 12.8. The maximum Gasteiger partial charge on any atom is 0.127 e. The minimum absolute atomic E-state index is 0.350. The van der Waals surface area contributed by atoms with Crippen molar-refractivity contribution in [3.8, 4) is 29.1 Å². The summed E-state index contributed by atoms with van der Waals surface area (Å²) in [6, 6.07) is 7.41. The summed E-state index contributed by atoms with van der Waals surface area (Å²) >= 11 is 1.61. The molecule has 2 aromatic rings. The van der Waals surface area contributed by atoms with Crippen LogP contribution >= 0.6 is 11.3 Å². The van der Waals surface area contributed by atoms with Crippen molar-refractivity contribution in [3.05, 3.63) is 40.1 Å². The molecule has 0 aliphatic carbocycles. The maximum atomic E-state index is 5.81. The van der Waals surface area contributed by atoms with Crippen LogP contribution in [-0.2, 0) is 6.61 Å². The van der Waals surface area contributed by atoms with E-state index in [1.807, 2.05) is 23.6 Å². The third-order valence-corrected chi connectivity index (χ3v) is 3.66. The van der Waals surface area contributed by atoms with Crippen LogP contribution in [0.15, 0.2) is 29.6 Å². The molecule has 0 fully saturated rings. The molecule has 0 saturated heterocycles. The van der Waals surface area contributed by atoms with Gasteiger partial charge in [0.05, 0.1) is 25.6 Å². The summed E-state index contributed by atoms with van der Waals surface area (Å²) in [4.78, 5) is 1.07. The van der Waals surface area contributed by atoms with Crippen molar-refractivity contribution in [2.75, 3.05) is 20.8 Å². The SMILES string of the molecule is COc1cc(OC)cc(OCc2sccc2C#CCN)c1. The highest BCUT2D eigenvalue weighted by Gasteiger charge is 2.06. The second kappa shape index (κ2) is 7.58. The van der Waals surface area contributed by atoms with Gasteiger partial charge in [-0.25, -0.2) is 0 Å². The number of methoxy groups -OCH3 is 2. The number of thiophene rings is 1. The van der Waals surface area contributed by atoms with Crippen LogP contribution in [0.4, 0.5) is 0 Å². The molecular formula is C16H17NO3S. The maximum absolute atomic E-state index is 5.81. The molecule has 0 unspecified atom stereocenters. The van der Waals surface area contributed by atoms with Crippen molar-refractivity contribution in [1.82, 2.24) is 0 Å². The topological polar surface area (TPSA) is 53.7 Å². The fourth-order valence-corrected chi connectivity index (χ4v) is 2.46. The van der Waals surface area contributed by atoms with Crippen LogP contribution in [0.2, 0.25) is 0 Å². The fraction of sp³-hybridized carbons (Fsp3) is 0.250. The van der Waals surface area contributed by atoms with E-state index in [0.29, 0.717) is 30.4 Å². The predicted octanol–water partition coefficient (Wildman–Crippen LogP) is 2.65. The van der Waals surface area contributed by atoms with Crippen LogP contribution in [-0.4, -0.2) is 20.8 Å². The van der Waals surface area contributed by atoms with E-state index < -0.39 is 0 Å². The van der Waals surface area contributed by atoms with E-state index in [4.69, 9.17) is 19.9 Å². The molecule has 21 heavy (non-hydrogen) atoms. The Kier molecular flexibility index (Phi) is 5.50. The lowest BCUT2D eigenvalue weighted by molar-refractivity contribution is 0.303. The van der Waals surface area contributed by atoms with Gasteiger partial charge in [-0.2, -0.15) is 0 Å². The molecule has 1 aromatic heterocycles. The van der Waals surface area contributed by atoms with E-state index in [2.05, 4.69) is 11.8 Å². The Labute approximate surface area is 128 Å². The van der Waals surface area contributed by atoms with Gasteiger partial charge in [-0.3, -0.25) is 0 Å². The molecule has 0 amide bonds. The largest absolute Gasteiger partial charge is 0.496 e. The van der Waals surface area contributed by atoms with Gasteiger partial charge in [-0.15, -0.1) is 11.3 Å². The van der Waals surface area contributed by atoms with Crippen LogP contribution in [0.5, 0.6) is 17.2 Å². The lowest BCUT2D eigenvalue weighted by atomic mass is 10.2. The molecular weight excluding hydrogens is 286 g/mol. The molecule has 0 atom stereocenters. The summed E-state index contributed by atoms with van der Waals surface area (Å²) in [5.74, 6) is 7.97. The van der Waals surface area contributed by atoms with Gasteiger partial charge in [0.25, 0.3) is 0 Å². The average molecular weight is 303 g/mol. The highest BCUT2D eigenvalue weighted by Crippen LogP contribution is 2.28. The lowest BCUT2D eigenvalue weighted by Gasteiger charge is -2.09. The Balaban J connectivity index is 2.11. The zero-order valence-electron chi connectivity index (χ0n) is 12.0. The summed E-state index contributed by atoms with van der Waals surface area (Å²) in [6.45, 7) is 0.797. The van der Waals surface area contributed by atoms with Crippen molar-refractivity contribution in [2.45, 2.75) is 6.61 Å². The highest BCUT2D eigenvalue weighted by molar-refractivity contribution is 7.10. The Hall–Kier alpha value is -2.16. The molecule has 0 saturated carbocycles. The van der Waals surface area contributed by atoms with E-state index in [-0.39, 0.29) is 0 Å². The molecule has 0 radical (unpaired) electrons.